The van der Waals surface area contributed by atoms with E-state index in [4.69, 9.17) is 0 Å². The Morgan fingerprint density at radius 3 is 1.17 bits per heavy atom. The summed E-state index contributed by atoms with van der Waals surface area (Å²) >= 11 is 0. The van der Waals surface area contributed by atoms with Gasteiger partial charge >= 0.3 is 0 Å². The second-order valence-electron chi connectivity index (χ2n) is 15.8. The van der Waals surface area contributed by atoms with Crippen molar-refractivity contribution >= 4 is 97.0 Å². The molecule has 0 unspecified atom stereocenters. The monoisotopic (exact) mass is 666 g/mol. The van der Waals surface area contributed by atoms with Gasteiger partial charge in [0.2, 0.25) is 0 Å². The Balaban J connectivity index is 1.21. The lowest BCUT2D eigenvalue weighted by Gasteiger charge is -2.19. The van der Waals surface area contributed by atoms with Crippen LogP contribution < -0.4 is 0 Å². The zero-order chi connectivity index (χ0) is 34.4. The highest BCUT2D eigenvalue weighted by atomic mass is 14.3. The molecule has 0 amide bonds. The summed E-state index contributed by atoms with van der Waals surface area (Å²) in [6.45, 7) is 4.48. The molecule has 53 heavy (non-hydrogen) atoms. The van der Waals surface area contributed by atoms with E-state index in [1.54, 1.807) is 0 Å². The molecule has 0 saturated carbocycles. The topological polar surface area (TPSA) is 0 Å². The number of fused-ring (bicyclic) bond motifs is 11. The highest BCUT2D eigenvalue weighted by Crippen LogP contribution is 2.49. The summed E-state index contributed by atoms with van der Waals surface area (Å²) in [5.41, 5.74) is 2.70. The van der Waals surface area contributed by atoms with Crippen molar-refractivity contribution in [3.63, 3.8) is 0 Å². The van der Waals surface area contributed by atoms with Gasteiger partial charge in [0.05, 0.1) is 0 Å². The van der Waals surface area contributed by atoms with Crippen molar-refractivity contribution in [1.82, 2.24) is 0 Å². The molecule has 14 rings (SSSR count). The third-order valence-corrected chi connectivity index (χ3v) is 13.4. The van der Waals surface area contributed by atoms with E-state index in [0.29, 0.717) is 0 Å². The van der Waals surface area contributed by atoms with Crippen LogP contribution in [0.15, 0.2) is 133 Å². The Hall–Kier alpha value is -6.50. The van der Waals surface area contributed by atoms with Crippen LogP contribution in [0.25, 0.3) is 97.0 Å². The van der Waals surface area contributed by atoms with Crippen molar-refractivity contribution < 1.29 is 0 Å². The molecule has 0 heteroatoms. The number of hydrogen-bond acceptors (Lipinski definition) is 0. The summed E-state index contributed by atoms with van der Waals surface area (Å²) in [4.78, 5) is 0. The van der Waals surface area contributed by atoms with Gasteiger partial charge in [0.1, 0.15) is 0 Å². The smallest absolute Gasteiger partial charge is 0.00134 e. The van der Waals surface area contributed by atoms with Crippen LogP contribution >= 0.6 is 0 Å². The van der Waals surface area contributed by atoms with Crippen molar-refractivity contribution in [2.24, 2.45) is 0 Å². The first-order chi connectivity index (χ1) is 26.2. The molecule has 0 radical (unpaired) electrons. The highest BCUT2D eigenvalue weighted by Gasteiger charge is 2.23. The molecule has 2 aliphatic carbocycles. The first-order valence-electron chi connectivity index (χ1n) is 19.1. The van der Waals surface area contributed by atoms with Gasteiger partial charge in [-0.1, -0.05) is 146 Å². The summed E-state index contributed by atoms with van der Waals surface area (Å²) in [6, 6.07) is 52.2. The Labute approximate surface area is 302 Å². The van der Waals surface area contributed by atoms with E-state index in [1.165, 1.54) is 150 Å². The van der Waals surface area contributed by atoms with E-state index < -0.39 is 0 Å². The molecule has 12 aromatic carbocycles. The minimum Gasteiger partial charge on any atom is -0.0616 e. The molecule has 0 atom stereocenters. The zero-order valence-electron chi connectivity index (χ0n) is 29.4. The summed E-state index contributed by atoms with van der Waals surface area (Å²) in [7, 11) is 0. The fraction of sp³-hybridized carbons (Fsp3) is 0.0566. The second kappa shape index (κ2) is 8.92. The largest absolute Gasteiger partial charge is 0.0616 e. The van der Waals surface area contributed by atoms with Crippen LogP contribution in [-0.2, 0) is 6.42 Å². The van der Waals surface area contributed by atoms with Crippen LogP contribution in [0, 0.1) is 48.7 Å². The minimum atomic E-state index is 1.04. The SMILES string of the molecule is CCc1ccc2c3c(c4ccc(C)cc4c2c1)=c1ccc2c4ccc5c6ccc7c8c(ccc(c9ccc(c%10ccc=3c1c2%10)c4c59)c86)=c1ccccc1=7. The third-order valence-electron chi connectivity index (χ3n) is 13.4. The molecule has 0 fully saturated rings. The van der Waals surface area contributed by atoms with Gasteiger partial charge in [-0.05, 0) is 158 Å². The maximum atomic E-state index is 2.44. The predicted octanol–water partition coefficient (Wildman–Crippen LogP) is 13.6. The number of aryl methyl sites for hydroxylation is 2. The summed E-state index contributed by atoms with van der Waals surface area (Å²) in [5.74, 6) is 0. The molecule has 0 spiro atoms. The fourth-order valence-corrected chi connectivity index (χ4v) is 11.3. The van der Waals surface area contributed by atoms with E-state index >= 15 is 0 Å². The van der Waals surface area contributed by atoms with Crippen LogP contribution in [0.5, 0.6) is 0 Å². The van der Waals surface area contributed by atoms with Crippen LogP contribution in [0.3, 0.4) is 0 Å². The van der Waals surface area contributed by atoms with Crippen molar-refractivity contribution in [3.8, 4) is 0 Å². The molecular formula is C53H30. The Morgan fingerprint density at radius 1 is 0.302 bits per heavy atom. The number of hydrogen-bond donors (Lipinski definition) is 0. The van der Waals surface area contributed by atoms with E-state index in [9.17, 15) is 0 Å². The molecule has 242 valence electrons. The standard InChI is InChI=1S/C53H30/c1-3-27-9-11-41-45(25-27)44-24-26(2)8-10-40(44)51-42-22-20-38-36-18-16-34-32-14-12-30-28-6-4-5-7-29(28)31-13-15-33(47(32)46(30)31)35-17-19-37(49(36)48(34)35)39-21-23-43(52(41)51)53(42)50(38)39/h4-25H,3H2,1-2H3. The van der Waals surface area contributed by atoms with E-state index in [-0.39, 0.29) is 0 Å². The Bertz CT molecular complexity index is 4030. The lowest BCUT2D eigenvalue weighted by Crippen LogP contribution is -1.92. The molecule has 0 N–H and O–H groups in total. The predicted molar refractivity (Wildman–Crippen MR) is 224 cm³/mol. The second-order valence-corrected chi connectivity index (χ2v) is 15.8. The van der Waals surface area contributed by atoms with Gasteiger partial charge in [-0.2, -0.15) is 0 Å². The van der Waals surface area contributed by atoms with Gasteiger partial charge < -0.3 is 0 Å². The molecule has 0 saturated heterocycles. The summed E-state index contributed by atoms with van der Waals surface area (Å²) in [6.07, 6.45) is 1.04. The van der Waals surface area contributed by atoms with Crippen LogP contribution in [0.4, 0.5) is 0 Å². The molecule has 0 heterocycles. The first kappa shape index (κ1) is 27.2. The van der Waals surface area contributed by atoms with Crippen molar-refractivity contribution in [1.29, 1.82) is 0 Å². The van der Waals surface area contributed by atoms with Crippen LogP contribution in [0.1, 0.15) is 18.1 Å². The quantitative estimate of drug-likeness (QED) is 0.121. The van der Waals surface area contributed by atoms with E-state index in [2.05, 4.69) is 147 Å². The maximum absolute atomic E-state index is 2.44. The van der Waals surface area contributed by atoms with E-state index in [0.717, 1.165) is 6.42 Å². The summed E-state index contributed by atoms with van der Waals surface area (Å²) < 4.78 is 0. The minimum absolute atomic E-state index is 1.04. The Kier molecular flexibility index (Phi) is 4.58. The fourth-order valence-electron chi connectivity index (χ4n) is 11.3. The average Bonchev–Trinajstić information content (AvgIpc) is 3.73. The molecular weight excluding hydrogens is 637 g/mol. The van der Waals surface area contributed by atoms with Crippen molar-refractivity contribution in [3.05, 3.63) is 186 Å². The molecule has 0 aromatic heterocycles. The van der Waals surface area contributed by atoms with Gasteiger partial charge in [-0.25, -0.2) is 0 Å². The average molecular weight is 667 g/mol. The normalized spacial score (nSPS) is 13.2. The van der Waals surface area contributed by atoms with Gasteiger partial charge in [-0.3, -0.25) is 0 Å². The van der Waals surface area contributed by atoms with Gasteiger partial charge in [-0.15, -0.1) is 0 Å². The lowest BCUT2D eigenvalue weighted by atomic mass is 9.83. The van der Waals surface area contributed by atoms with Gasteiger partial charge in [0.25, 0.3) is 0 Å². The number of rotatable bonds is 1. The van der Waals surface area contributed by atoms with Crippen molar-refractivity contribution in [2.75, 3.05) is 0 Å². The molecule has 0 bridgehead atoms. The van der Waals surface area contributed by atoms with Crippen LogP contribution in [0.2, 0.25) is 0 Å². The van der Waals surface area contributed by atoms with Crippen LogP contribution in [-0.4, -0.2) is 0 Å². The molecule has 12 aromatic rings. The third kappa shape index (κ3) is 2.96. The highest BCUT2D eigenvalue weighted by molar-refractivity contribution is 6.42. The molecule has 2 aliphatic rings. The summed E-state index contributed by atoms with van der Waals surface area (Å²) in [5, 5.41) is 35.8. The molecule has 0 aliphatic heterocycles. The van der Waals surface area contributed by atoms with E-state index in [1.807, 2.05) is 0 Å². The Morgan fingerprint density at radius 2 is 0.679 bits per heavy atom. The molecule has 0 nitrogen and oxygen atoms in total. The van der Waals surface area contributed by atoms with Crippen molar-refractivity contribution in [2.45, 2.75) is 20.3 Å². The van der Waals surface area contributed by atoms with Gasteiger partial charge in [0, 0.05) is 0 Å². The van der Waals surface area contributed by atoms with Gasteiger partial charge in [0.15, 0.2) is 0 Å². The first-order valence-corrected chi connectivity index (χ1v) is 19.1. The number of benzene rings is 12. The lowest BCUT2D eigenvalue weighted by molar-refractivity contribution is 1.15. The zero-order valence-corrected chi connectivity index (χ0v) is 29.4. The maximum Gasteiger partial charge on any atom is -0.00134 e.